The molecule has 6 nitrogen and oxygen atoms in total. The molecule has 3 rings (SSSR count). The zero-order valence-electron chi connectivity index (χ0n) is 13.4. The Morgan fingerprint density at radius 2 is 1.96 bits per heavy atom. The van der Waals surface area contributed by atoms with Gasteiger partial charge in [-0.15, -0.1) is 10.2 Å². The van der Waals surface area contributed by atoms with Gasteiger partial charge in [0.25, 0.3) is 0 Å². The van der Waals surface area contributed by atoms with Gasteiger partial charge in [0.1, 0.15) is 5.01 Å². The van der Waals surface area contributed by atoms with Crippen molar-refractivity contribution in [3.05, 3.63) is 24.0 Å². The highest BCUT2D eigenvalue weighted by Gasteiger charge is 2.15. The summed E-state index contributed by atoms with van der Waals surface area (Å²) in [5.74, 6) is 3.06. The summed E-state index contributed by atoms with van der Waals surface area (Å²) in [4.78, 5) is 0.800. The highest BCUT2D eigenvalue weighted by Crippen LogP contribution is 2.34. The van der Waals surface area contributed by atoms with Crippen LogP contribution in [0.4, 0.5) is 0 Å². The Balaban J connectivity index is 1.94. The van der Waals surface area contributed by atoms with Crippen LogP contribution in [0.25, 0.3) is 15.5 Å². The molecule has 0 bridgehead atoms. The van der Waals surface area contributed by atoms with Gasteiger partial charge in [-0.1, -0.05) is 25.2 Å². The zero-order valence-corrected chi connectivity index (χ0v) is 15.1. The van der Waals surface area contributed by atoms with E-state index in [9.17, 15) is 0 Å². The summed E-state index contributed by atoms with van der Waals surface area (Å²) < 4.78 is 12.5. The minimum absolute atomic E-state index is 0.548. The maximum Gasteiger partial charge on any atom is 0.235 e. The second kappa shape index (κ2) is 6.76. The molecular weight excluding hydrogens is 332 g/mol. The molecule has 0 saturated heterocycles. The molecule has 0 N–H and O–H groups in total. The maximum absolute atomic E-state index is 5.36. The third-order valence-corrected chi connectivity index (χ3v) is 5.27. The van der Waals surface area contributed by atoms with Crippen molar-refractivity contribution in [3.8, 4) is 22.1 Å². The lowest BCUT2D eigenvalue weighted by Crippen LogP contribution is -1.97. The Bertz CT molecular complexity index is 813. The van der Waals surface area contributed by atoms with Crippen molar-refractivity contribution in [3.63, 3.8) is 0 Å². The highest BCUT2D eigenvalue weighted by molar-refractivity contribution is 7.99. The molecule has 2 heterocycles. The summed E-state index contributed by atoms with van der Waals surface area (Å²) >= 11 is 3.34. The first kappa shape index (κ1) is 16.1. The van der Waals surface area contributed by atoms with Crippen molar-refractivity contribution in [1.29, 1.82) is 0 Å². The van der Waals surface area contributed by atoms with Crippen molar-refractivity contribution >= 4 is 28.1 Å². The molecule has 0 aliphatic carbocycles. The van der Waals surface area contributed by atoms with E-state index in [4.69, 9.17) is 9.47 Å². The molecule has 1 aromatic carbocycles. The molecule has 0 spiro atoms. The Labute approximate surface area is 142 Å². The first-order valence-corrected chi connectivity index (χ1v) is 9.04. The Hall–Kier alpha value is -1.80. The van der Waals surface area contributed by atoms with Crippen LogP contribution in [0.15, 0.2) is 18.2 Å². The highest BCUT2D eigenvalue weighted by atomic mass is 32.2. The van der Waals surface area contributed by atoms with Crippen LogP contribution in [-0.2, 0) is 5.75 Å². The first-order chi connectivity index (χ1) is 11.1. The number of aromatic nitrogens is 4. The van der Waals surface area contributed by atoms with Gasteiger partial charge in [-0.2, -0.15) is 21.4 Å². The van der Waals surface area contributed by atoms with Gasteiger partial charge in [0, 0.05) is 5.56 Å². The molecule has 0 fully saturated rings. The predicted molar refractivity (Wildman–Crippen MR) is 93.6 cm³/mol. The van der Waals surface area contributed by atoms with Gasteiger partial charge in [0.05, 0.1) is 20.0 Å². The van der Waals surface area contributed by atoms with Crippen molar-refractivity contribution in [2.45, 2.75) is 24.9 Å². The van der Waals surface area contributed by atoms with Crippen molar-refractivity contribution in [2.75, 3.05) is 14.2 Å². The second-order valence-electron chi connectivity index (χ2n) is 5.15. The van der Waals surface area contributed by atoms with E-state index in [-0.39, 0.29) is 0 Å². The van der Waals surface area contributed by atoms with E-state index in [0.29, 0.717) is 16.7 Å². The summed E-state index contributed by atoms with van der Waals surface area (Å²) in [6.45, 7) is 4.33. The van der Waals surface area contributed by atoms with Gasteiger partial charge in [-0.05, 0) is 23.4 Å². The van der Waals surface area contributed by atoms with Gasteiger partial charge < -0.3 is 9.47 Å². The van der Waals surface area contributed by atoms with Crippen LogP contribution in [0.2, 0.25) is 0 Å². The van der Waals surface area contributed by atoms with Crippen LogP contribution in [0.1, 0.15) is 19.7 Å². The SMILES string of the molecule is COc1ccc(-c2nn3c(CSC(C)C)nnc3s2)cc1OC. The molecule has 0 atom stereocenters. The zero-order chi connectivity index (χ0) is 16.4. The number of ether oxygens (including phenoxy) is 2. The Morgan fingerprint density at radius 3 is 2.65 bits per heavy atom. The van der Waals surface area contributed by atoms with Crippen molar-refractivity contribution < 1.29 is 9.47 Å². The Kier molecular flexibility index (Phi) is 4.72. The van der Waals surface area contributed by atoms with Crippen molar-refractivity contribution in [1.82, 2.24) is 19.8 Å². The number of hydrogen-bond donors (Lipinski definition) is 0. The smallest absolute Gasteiger partial charge is 0.235 e. The number of thioether (sulfide) groups is 1. The van der Waals surface area contributed by atoms with Crippen LogP contribution in [0.3, 0.4) is 0 Å². The number of methoxy groups -OCH3 is 2. The van der Waals surface area contributed by atoms with Crippen molar-refractivity contribution in [2.24, 2.45) is 0 Å². The lowest BCUT2D eigenvalue weighted by Gasteiger charge is -2.07. The molecule has 8 heteroatoms. The largest absolute Gasteiger partial charge is 0.493 e. The fourth-order valence-corrected chi connectivity index (χ4v) is 3.59. The number of fused-ring (bicyclic) bond motifs is 1. The van der Waals surface area contributed by atoms with Gasteiger partial charge in [0.15, 0.2) is 17.3 Å². The standard InChI is InChI=1S/C15H18N4O2S2/c1-9(2)22-8-13-16-17-15-19(13)18-14(23-15)10-5-6-11(20-3)12(7-10)21-4/h5-7,9H,8H2,1-4H3. The van der Waals surface area contributed by atoms with Gasteiger partial charge >= 0.3 is 0 Å². The second-order valence-corrected chi connectivity index (χ2v) is 7.67. The molecule has 0 aliphatic heterocycles. The molecule has 0 amide bonds. The van der Waals surface area contributed by atoms with E-state index in [1.54, 1.807) is 14.2 Å². The van der Waals surface area contributed by atoms with Gasteiger partial charge in [0.2, 0.25) is 4.96 Å². The first-order valence-electron chi connectivity index (χ1n) is 7.17. The van der Waals surface area contributed by atoms with Crippen LogP contribution < -0.4 is 9.47 Å². The lowest BCUT2D eigenvalue weighted by molar-refractivity contribution is 0.355. The van der Waals surface area contributed by atoms with Gasteiger partial charge in [-0.25, -0.2) is 0 Å². The third kappa shape index (κ3) is 3.28. The number of benzene rings is 1. The topological polar surface area (TPSA) is 61.5 Å². The maximum atomic E-state index is 5.36. The minimum atomic E-state index is 0.548. The summed E-state index contributed by atoms with van der Waals surface area (Å²) in [6, 6.07) is 5.77. The fraction of sp³-hybridized carbons (Fsp3) is 0.400. The summed E-state index contributed by atoms with van der Waals surface area (Å²) in [6.07, 6.45) is 0. The molecule has 0 saturated carbocycles. The fourth-order valence-electron chi connectivity index (χ4n) is 2.07. The molecule has 0 radical (unpaired) electrons. The summed E-state index contributed by atoms with van der Waals surface area (Å²) in [5.41, 5.74) is 0.973. The van der Waals surface area contributed by atoms with E-state index in [1.807, 2.05) is 34.5 Å². The monoisotopic (exact) mass is 350 g/mol. The predicted octanol–water partition coefficient (Wildman–Crippen LogP) is 3.51. The quantitative estimate of drug-likeness (QED) is 0.678. The Morgan fingerprint density at radius 1 is 1.17 bits per heavy atom. The lowest BCUT2D eigenvalue weighted by atomic mass is 10.2. The van der Waals surface area contributed by atoms with Crippen LogP contribution in [0, 0.1) is 0 Å². The molecular formula is C15H18N4O2S2. The number of hydrogen-bond acceptors (Lipinski definition) is 7. The van der Waals surface area contributed by atoms with Crippen LogP contribution >= 0.6 is 23.1 Å². The van der Waals surface area contributed by atoms with E-state index in [1.165, 1.54) is 11.3 Å². The molecule has 0 unspecified atom stereocenters. The number of rotatable bonds is 6. The molecule has 122 valence electrons. The molecule has 3 aromatic rings. The van der Waals surface area contributed by atoms with Crippen LogP contribution in [-0.4, -0.2) is 39.3 Å². The normalized spacial score (nSPS) is 11.3. The average molecular weight is 350 g/mol. The molecule has 2 aromatic heterocycles. The third-order valence-electron chi connectivity index (χ3n) is 3.23. The van der Waals surface area contributed by atoms with E-state index < -0.39 is 0 Å². The summed E-state index contributed by atoms with van der Waals surface area (Å²) in [5, 5.41) is 14.5. The van der Waals surface area contributed by atoms with Crippen LogP contribution in [0.5, 0.6) is 11.5 Å². The summed E-state index contributed by atoms with van der Waals surface area (Å²) in [7, 11) is 3.25. The van der Waals surface area contributed by atoms with E-state index >= 15 is 0 Å². The average Bonchev–Trinajstić information content (AvgIpc) is 3.13. The molecule has 23 heavy (non-hydrogen) atoms. The van der Waals surface area contributed by atoms with E-state index in [0.717, 1.165) is 27.1 Å². The van der Waals surface area contributed by atoms with Gasteiger partial charge in [-0.3, -0.25) is 0 Å². The minimum Gasteiger partial charge on any atom is -0.493 e. The van der Waals surface area contributed by atoms with E-state index in [2.05, 4.69) is 29.1 Å². The number of nitrogens with zero attached hydrogens (tertiary/aromatic N) is 4. The molecule has 0 aliphatic rings.